The summed E-state index contributed by atoms with van der Waals surface area (Å²) in [6.45, 7) is 7.06. The fourth-order valence-corrected chi connectivity index (χ4v) is 2.31. The molecule has 0 saturated heterocycles. The van der Waals surface area contributed by atoms with Crippen LogP contribution in [0.3, 0.4) is 0 Å². The summed E-state index contributed by atoms with van der Waals surface area (Å²) in [6.07, 6.45) is 8.19. The van der Waals surface area contributed by atoms with Gasteiger partial charge in [-0.25, -0.2) is 4.98 Å². The van der Waals surface area contributed by atoms with Crippen molar-refractivity contribution in [1.82, 2.24) is 15.3 Å². The molecule has 0 atom stereocenters. The predicted molar refractivity (Wildman–Crippen MR) is 81.6 cm³/mol. The van der Waals surface area contributed by atoms with Gasteiger partial charge in [0.15, 0.2) is 0 Å². The van der Waals surface area contributed by atoms with Gasteiger partial charge >= 0.3 is 0 Å². The number of amides is 1. The van der Waals surface area contributed by atoms with Crippen molar-refractivity contribution in [2.24, 2.45) is 0 Å². The van der Waals surface area contributed by atoms with Crippen LogP contribution in [0.25, 0.3) is 6.08 Å². The van der Waals surface area contributed by atoms with Crippen molar-refractivity contribution in [3.63, 3.8) is 0 Å². The van der Waals surface area contributed by atoms with Gasteiger partial charge in [0.1, 0.15) is 11.5 Å². The van der Waals surface area contributed by atoms with Crippen molar-refractivity contribution < 1.29 is 4.79 Å². The van der Waals surface area contributed by atoms with Crippen LogP contribution in [0.15, 0.2) is 17.2 Å². The van der Waals surface area contributed by atoms with Crippen LogP contribution in [0, 0.1) is 0 Å². The number of aromatic nitrogens is 2. The first-order chi connectivity index (χ1) is 9.56. The molecule has 1 aliphatic rings. The molecule has 1 aromatic rings. The molecular formula is C16H23N3O. The predicted octanol–water partition coefficient (Wildman–Crippen LogP) is 3.24. The number of nitrogens with zero attached hydrogens (tertiary/aromatic N) is 1. The number of carbonyl (C=O) groups is 1. The molecule has 1 aromatic heterocycles. The molecule has 0 fully saturated rings. The maximum atomic E-state index is 11.8. The van der Waals surface area contributed by atoms with Crippen LogP contribution in [0.2, 0.25) is 0 Å². The first-order valence-electron chi connectivity index (χ1n) is 7.24. The normalized spacial score (nSPS) is 15.3. The highest BCUT2D eigenvalue weighted by molar-refractivity contribution is 5.94. The van der Waals surface area contributed by atoms with Gasteiger partial charge in [0, 0.05) is 12.2 Å². The molecule has 0 spiro atoms. The molecule has 0 bridgehead atoms. The van der Waals surface area contributed by atoms with Crippen molar-refractivity contribution in [2.75, 3.05) is 6.54 Å². The van der Waals surface area contributed by atoms with Crippen LogP contribution in [0.4, 0.5) is 0 Å². The number of hydrogen-bond donors (Lipinski definition) is 2. The third-order valence-electron chi connectivity index (χ3n) is 3.38. The van der Waals surface area contributed by atoms with Gasteiger partial charge in [0.2, 0.25) is 0 Å². The SMILES string of the molecule is CC(C)=CCCC(C)=Cc1nc2c([nH]1)CCCNC2=O. The van der Waals surface area contributed by atoms with Crippen LogP contribution < -0.4 is 5.32 Å². The fourth-order valence-electron chi connectivity index (χ4n) is 2.31. The van der Waals surface area contributed by atoms with Gasteiger partial charge in [0.05, 0.1) is 0 Å². The van der Waals surface area contributed by atoms with E-state index in [1.807, 2.05) is 6.08 Å². The quantitative estimate of drug-likeness (QED) is 0.827. The van der Waals surface area contributed by atoms with Crippen molar-refractivity contribution >= 4 is 12.0 Å². The summed E-state index contributed by atoms with van der Waals surface area (Å²) in [4.78, 5) is 19.5. The number of aromatic amines is 1. The van der Waals surface area contributed by atoms with E-state index in [4.69, 9.17) is 0 Å². The standard InChI is InChI=1S/C16H23N3O/c1-11(2)6-4-7-12(3)10-14-18-13-8-5-9-17-16(20)15(13)19-14/h6,10H,4-5,7-9H2,1-3H3,(H,17,20)(H,18,19). The van der Waals surface area contributed by atoms with Crippen LogP contribution in [0.1, 0.15) is 62.0 Å². The second kappa shape index (κ2) is 6.55. The molecule has 0 saturated carbocycles. The lowest BCUT2D eigenvalue weighted by Gasteiger charge is -1.98. The molecule has 1 amide bonds. The van der Waals surface area contributed by atoms with Gasteiger partial charge in [-0.05, 0) is 52.5 Å². The lowest BCUT2D eigenvalue weighted by molar-refractivity contribution is 0.0951. The molecule has 2 rings (SSSR count). The molecule has 0 aromatic carbocycles. The summed E-state index contributed by atoms with van der Waals surface area (Å²) in [6, 6.07) is 0. The smallest absolute Gasteiger partial charge is 0.271 e. The number of imidazole rings is 1. The summed E-state index contributed by atoms with van der Waals surface area (Å²) in [5.74, 6) is 0.734. The zero-order valence-corrected chi connectivity index (χ0v) is 12.5. The Morgan fingerprint density at radius 2 is 2.15 bits per heavy atom. The third kappa shape index (κ3) is 3.83. The number of hydrogen-bond acceptors (Lipinski definition) is 2. The van der Waals surface area contributed by atoms with Crippen molar-refractivity contribution in [2.45, 2.75) is 46.5 Å². The minimum absolute atomic E-state index is 0.0596. The lowest BCUT2D eigenvalue weighted by Crippen LogP contribution is -2.23. The summed E-state index contributed by atoms with van der Waals surface area (Å²) in [7, 11) is 0. The summed E-state index contributed by atoms with van der Waals surface area (Å²) < 4.78 is 0. The van der Waals surface area contributed by atoms with Gasteiger partial charge in [0.25, 0.3) is 5.91 Å². The first-order valence-corrected chi connectivity index (χ1v) is 7.24. The Kier molecular flexibility index (Phi) is 4.77. The minimum Gasteiger partial charge on any atom is -0.351 e. The van der Waals surface area contributed by atoms with E-state index in [1.54, 1.807) is 0 Å². The fraction of sp³-hybridized carbons (Fsp3) is 0.500. The zero-order valence-electron chi connectivity index (χ0n) is 12.5. The number of carbonyl (C=O) groups excluding carboxylic acids is 1. The summed E-state index contributed by atoms with van der Waals surface area (Å²) >= 11 is 0. The number of allylic oxidation sites excluding steroid dienone is 3. The maximum Gasteiger partial charge on any atom is 0.271 e. The lowest BCUT2D eigenvalue weighted by atomic mass is 10.1. The molecule has 1 aliphatic heterocycles. The highest BCUT2D eigenvalue weighted by atomic mass is 16.1. The topological polar surface area (TPSA) is 57.8 Å². The third-order valence-corrected chi connectivity index (χ3v) is 3.38. The second-order valence-electron chi connectivity index (χ2n) is 5.62. The van der Waals surface area contributed by atoms with Gasteiger partial charge in [-0.15, -0.1) is 0 Å². The van der Waals surface area contributed by atoms with Gasteiger partial charge < -0.3 is 10.3 Å². The molecule has 20 heavy (non-hydrogen) atoms. The number of rotatable bonds is 4. The molecule has 0 unspecified atom stereocenters. The van der Waals surface area contributed by atoms with E-state index in [1.165, 1.54) is 11.1 Å². The average molecular weight is 273 g/mol. The van der Waals surface area contributed by atoms with E-state index in [0.29, 0.717) is 5.69 Å². The van der Waals surface area contributed by atoms with Crippen molar-refractivity contribution in [3.05, 3.63) is 34.4 Å². The highest BCUT2D eigenvalue weighted by Crippen LogP contribution is 2.15. The van der Waals surface area contributed by atoms with Gasteiger partial charge in [-0.3, -0.25) is 4.79 Å². The number of nitrogens with one attached hydrogen (secondary N) is 2. The monoisotopic (exact) mass is 273 g/mol. The molecule has 2 N–H and O–H groups in total. The number of aryl methyl sites for hydroxylation is 1. The Bertz CT molecular complexity index is 548. The second-order valence-corrected chi connectivity index (χ2v) is 5.62. The van der Waals surface area contributed by atoms with E-state index in [9.17, 15) is 4.79 Å². The molecule has 0 aliphatic carbocycles. The Hall–Kier alpha value is -1.84. The Morgan fingerprint density at radius 3 is 2.90 bits per heavy atom. The van der Waals surface area contributed by atoms with Crippen LogP contribution in [0.5, 0.6) is 0 Å². The summed E-state index contributed by atoms with van der Waals surface area (Å²) in [5.41, 5.74) is 4.14. The largest absolute Gasteiger partial charge is 0.351 e. The zero-order chi connectivity index (χ0) is 14.5. The number of H-pyrrole nitrogens is 1. The molecule has 4 nitrogen and oxygen atoms in total. The Morgan fingerprint density at radius 1 is 1.35 bits per heavy atom. The van der Waals surface area contributed by atoms with Crippen LogP contribution in [-0.4, -0.2) is 22.4 Å². The number of fused-ring (bicyclic) bond motifs is 1. The van der Waals surface area contributed by atoms with Crippen LogP contribution >= 0.6 is 0 Å². The van der Waals surface area contributed by atoms with E-state index in [-0.39, 0.29) is 5.91 Å². The molecule has 108 valence electrons. The summed E-state index contributed by atoms with van der Waals surface area (Å²) in [5, 5.41) is 2.86. The average Bonchev–Trinajstić information content (AvgIpc) is 2.69. The van der Waals surface area contributed by atoms with E-state index in [0.717, 1.165) is 43.7 Å². The Labute approximate surface area is 120 Å². The highest BCUT2D eigenvalue weighted by Gasteiger charge is 2.19. The Balaban J connectivity index is 2.08. The van der Waals surface area contributed by atoms with Gasteiger partial charge in [-0.1, -0.05) is 17.2 Å². The first kappa shape index (κ1) is 14.6. The van der Waals surface area contributed by atoms with Crippen molar-refractivity contribution in [3.8, 4) is 0 Å². The molecule has 4 heteroatoms. The maximum absolute atomic E-state index is 11.8. The molecule has 0 radical (unpaired) electrons. The molecular weight excluding hydrogens is 250 g/mol. The van der Waals surface area contributed by atoms with Gasteiger partial charge in [-0.2, -0.15) is 0 Å². The van der Waals surface area contributed by atoms with Crippen molar-refractivity contribution in [1.29, 1.82) is 0 Å². The van der Waals surface area contributed by atoms with E-state index < -0.39 is 0 Å². The van der Waals surface area contributed by atoms with E-state index in [2.05, 4.69) is 42.1 Å². The van der Waals surface area contributed by atoms with Crippen LogP contribution in [-0.2, 0) is 6.42 Å². The molecule has 2 heterocycles. The minimum atomic E-state index is -0.0596. The van der Waals surface area contributed by atoms with E-state index >= 15 is 0 Å².